The summed E-state index contributed by atoms with van der Waals surface area (Å²) in [6.07, 6.45) is 2.43. The van der Waals surface area contributed by atoms with Crippen LogP contribution in [0.5, 0.6) is 0 Å². The Morgan fingerprint density at radius 3 is 2.67 bits per heavy atom. The minimum absolute atomic E-state index is 0.0584. The number of rotatable bonds is 0. The fourth-order valence-corrected chi connectivity index (χ4v) is 2.72. The molecule has 2 nitrogen and oxygen atoms in total. The van der Waals surface area contributed by atoms with E-state index in [9.17, 15) is 4.79 Å². The summed E-state index contributed by atoms with van der Waals surface area (Å²) in [7, 11) is 0. The first-order valence-electron chi connectivity index (χ1n) is 4.87. The first-order valence-corrected chi connectivity index (χ1v) is 4.87. The highest BCUT2D eigenvalue weighted by Crippen LogP contribution is 2.44. The zero-order valence-electron chi connectivity index (χ0n) is 7.75. The number of carbonyl (C=O) groups is 1. The Bertz CT molecular complexity index is 200. The van der Waals surface area contributed by atoms with E-state index in [0.717, 1.165) is 0 Å². The van der Waals surface area contributed by atoms with Crippen LogP contribution < -0.4 is 0 Å². The average molecular weight is 168 g/mol. The zero-order chi connectivity index (χ0) is 8.72. The maximum absolute atomic E-state index is 11.4. The molecule has 0 radical (unpaired) electrons. The van der Waals surface area contributed by atoms with Crippen LogP contribution in [0.3, 0.4) is 0 Å². The van der Waals surface area contributed by atoms with Crippen molar-refractivity contribution in [1.82, 2.24) is 0 Å². The van der Waals surface area contributed by atoms with Gasteiger partial charge in [-0.05, 0) is 30.6 Å². The average Bonchev–Trinajstić information content (AvgIpc) is 2.42. The van der Waals surface area contributed by atoms with Gasteiger partial charge in [-0.25, -0.2) is 0 Å². The molecule has 68 valence electrons. The van der Waals surface area contributed by atoms with Crippen molar-refractivity contribution >= 4 is 5.97 Å². The smallest absolute Gasteiger partial charge is 0.309 e. The summed E-state index contributed by atoms with van der Waals surface area (Å²) >= 11 is 0. The van der Waals surface area contributed by atoms with E-state index in [0.29, 0.717) is 24.4 Å². The second-order valence-electron chi connectivity index (χ2n) is 4.35. The van der Waals surface area contributed by atoms with Gasteiger partial charge in [-0.2, -0.15) is 0 Å². The number of esters is 1. The summed E-state index contributed by atoms with van der Waals surface area (Å²) in [5.74, 6) is 2.01. The van der Waals surface area contributed by atoms with Crippen molar-refractivity contribution in [1.29, 1.82) is 0 Å². The first-order chi connectivity index (χ1) is 5.70. The third-order valence-corrected chi connectivity index (χ3v) is 3.52. The molecule has 12 heavy (non-hydrogen) atoms. The summed E-state index contributed by atoms with van der Waals surface area (Å²) in [6, 6.07) is 0. The van der Waals surface area contributed by atoms with Crippen LogP contribution in [0.25, 0.3) is 0 Å². The second-order valence-corrected chi connectivity index (χ2v) is 4.35. The van der Waals surface area contributed by atoms with Crippen molar-refractivity contribution in [3.8, 4) is 0 Å². The van der Waals surface area contributed by atoms with Crippen molar-refractivity contribution in [3.63, 3.8) is 0 Å². The van der Waals surface area contributed by atoms with E-state index in [2.05, 4.69) is 13.8 Å². The SMILES string of the molecule is C[C@H]1COC(=O)[C@@H]2[C@H]1CC[C@@H]2C. The van der Waals surface area contributed by atoms with Gasteiger partial charge >= 0.3 is 5.97 Å². The maximum Gasteiger partial charge on any atom is 0.309 e. The van der Waals surface area contributed by atoms with Crippen molar-refractivity contribution < 1.29 is 9.53 Å². The molecule has 0 aromatic heterocycles. The Balaban J connectivity index is 2.18. The van der Waals surface area contributed by atoms with Crippen molar-refractivity contribution in [2.75, 3.05) is 6.61 Å². The van der Waals surface area contributed by atoms with Gasteiger partial charge in [0.1, 0.15) is 0 Å². The van der Waals surface area contributed by atoms with Crippen LogP contribution in [0, 0.1) is 23.7 Å². The van der Waals surface area contributed by atoms with E-state index >= 15 is 0 Å². The molecule has 1 aliphatic carbocycles. The van der Waals surface area contributed by atoms with Crippen LogP contribution in [0.4, 0.5) is 0 Å². The summed E-state index contributed by atoms with van der Waals surface area (Å²) in [5, 5.41) is 0. The zero-order valence-corrected chi connectivity index (χ0v) is 7.75. The van der Waals surface area contributed by atoms with Gasteiger partial charge < -0.3 is 4.74 Å². The molecule has 2 fully saturated rings. The number of ether oxygens (including phenoxy) is 1. The van der Waals surface area contributed by atoms with E-state index in [1.54, 1.807) is 0 Å². The van der Waals surface area contributed by atoms with Crippen LogP contribution >= 0.6 is 0 Å². The van der Waals surface area contributed by atoms with Crippen LogP contribution in [-0.4, -0.2) is 12.6 Å². The molecule has 1 saturated carbocycles. The topological polar surface area (TPSA) is 26.3 Å². The largest absolute Gasteiger partial charge is 0.465 e. The van der Waals surface area contributed by atoms with Crippen LogP contribution in [0.2, 0.25) is 0 Å². The van der Waals surface area contributed by atoms with Gasteiger partial charge in [-0.3, -0.25) is 4.79 Å². The van der Waals surface area contributed by atoms with Gasteiger partial charge in [0.15, 0.2) is 0 Å². The Morgan fingerprint density at radius 2 is 2.00 bits per heavy atom. The van der Waals surface area contributed by atoms with Crippen LogP contribution in [0.15, 0.2) is 0 Å². The van der Waals surface area contributed by atoms with Gasteiger partial charge in [0, 0.05) is 0 Å². The molecule has 0 N–H and O–H groups in total. The Kier molecular flexibility index (Phi) is 1.85. The number of hydrogen-bond acceptors (Lipinski definition) is 2. The number of carbonyl (C=O) groups excluding carboxylic acids is 1. The van der Waals surface area contributed by atoms with E-state index in [4.69, 9.17) is 4.74 Å². The molecule has 2 rings (SSSR count). The summed E-state index contributed by atoms with van der Waals surface area (Å²) in [4.78, 5) is 11.4. The second kappa shape index (κ2) is 2.75. The fraction of sp³-hybridized carbons (Fsp3) is 0.900. The predicted octanol–water partition coefficient (Wildman–Crippen LogP) is 1.84. The Morgan fingerprint density at radius 1 is 1.25 bits per heavy atom. The molecule has 1 saturated heterocycles. The first kappa shape index (κ1) is 8.09. The normalized spacial score (nSPS) is 47.0. The summed E-state index contributed by atoms with van der Waals surface area (Å²) in [6.45, 7) is 5.01. The van der Waals surface area contributed by atoms with Gasteiger partial charge in [0.05, 0.1) is 12.5 Å². The molecular weight excluding hydrogens is 152 g/mol. The minimum Gasteiger partial charge on any atom is -0.465 e. The van der Waals surface area contributed by atoms with Gasteiger partial charge in [0.25, 0.3) is 0 Å². The molecule has 0 aromatic rings. The highest BCUT2D eigenvalue weighted by molar-refractivity contribution is 5.74. The minimum atomic E-state index is 0.0584. The van der Waals surface area contributed by atoms with E-state index in [-0.39, 0.29) is 11.9 Å². The number of fused-ring (bicyclic) bond motifs is 1. The van der Waals surface area contributed by atoms with E-state index in [1.807, 2.05) is 0 Å². The molecule has 1 heterocycles. The van der Waals surface area contributed by atoms with Crippen molar-refractivity contribution in [2.24, 2.45) is 23.7 Å². The molecule has 1 aliphatic heterocycles. The van der Waals surface area contributed by atoms with Crippen LogP contribution in [-0.2, 0) is 9.53 Å². The van der Waals surface area contributed by atoms with Gasteiger partial charge in [-0.1, -0.05) is 13.8 Å². The summed E-state index contributed by atoms with van der Waals surface area (Å²) in [5.41, 5.74) is 0. The predicted molar refractivity (Wildman–Crippen MR) is 45.5 cm³/mol. The standard InChI is InChI=1S/C10H16O2/c1-6-3-4-8-7(2)5-12-10(11)9(6)8/h6-9H,3-5H2,1-2H3/t6-,7-,8-,9-/m0/s1. The highest BCUT2D eigenvalue weighted by Gasteiger charge is 2.45. The third kappa shape index (κ3) is 1.05. The molecular formula is C10H16O2. The molecule has 4 atom stereocenters. The molecule has 0 aromatic carbocycles. The molecule has 0 spiro atoms. The molecule has 0 amide bonds. The molecule has 0 bridgehead atoms. The lowest BCUT2D eigenvalue weighted by molar-refractivity contribution is -0.160. The number of hydrogen-bond donors (Lipinski definition) is 0. The lowest BCUT2D eigenvalue weighted by atomic mass is 9.81. The summed E-state index contributed by atoms with van der Waals surface area (Å²) < 4.78 is 5.14. The van der Waals surface area contributed by atoms with Gasteiger partial charge in [0.2, 0.25) is 0 Å². The highest BCUT2D eigenvalue weighted by atomic mass is 16.5. The lowest BCUT2D eigenvalue weighted by Gasteiger charge is -2.31. The third-order valence-electron chi connectivity index (χ3n) is 3.52. The lowest BCUT2D eigenvalue weighted by Crippen LogP contribution is -2.37. The van der Waals surface area contributed by atoms with Crippen molar-refractivity contribution in [3.05, 3.63) is 0 Å². The number of cyclic esters (lactones) is 1. The van der Waals surface area contributed by atoms with Gasteiger partial charge in [-0.15, -0.1) is 0 Å². The molecule has 0 unspecified atom stereocenters. The van der Waals surface area contributed by atoms with Crippen LogP contribution in [0.1, 0.15) is 26.7 Å². The van der Waals surface area contributed by atoms with E-state index < -0.39 is 0 Å². The van der Waals surface area contributed by atoms with E-state index in [1.165, 1.54) is 12.8 Å². The molecule has 2 heteroatoms. The monoisotopic (exact) mass is 168 g/mol. The van der Waals surface area contributed by atoms with Crippen molar-refractivity contribution in [2.45, 2.75) is 26.7 Å². The Hall–Kier alpha value is -0.530. The maximum atomic E-state index is 11.4. The molecule has 2 aliphatic rings. The Labute approximate surface area is 73.3 Å². The fourth-order valence-electron chi connectivity index (χ4n) is 2.72. The quantitative estimate of drug-likeness (QED) is 0.516.